The molecule has 4 aromatic carbocycles. The first-order valence-corrected chi connectivity index (χ1v) is 13.6. The molecule has 1 N–H and O–H groups in total. The maximum absolute atomic E-state index is 14.0. The van der Waals surface area contributed by atoms with Crippen molar-refractivity contribution >= 4 is 17.5 Å². The van der Waals surface area contributed by atoms with Crippen LogP contribution in [-0.4, -0.2) is 55.0 Å². The standard InChI is InChI=1S/C33H34ClN3O/c1-35-31(30(25-13-5-2-6-14-25)26-15-7-3-8-16-26)33(38)37-23-21-36(22-24-37)32(27-17-9-4-10-18-27)28-19-11-12-20-29(28)34/h2-20,30-32,35H,21-24H2,1H3. The number of hydrogen-bond acceptors (Lipinski definition) is 3. The number of nitrogens with zero attached hydrogens (tertiary/aromatic N) is 2. The van der Waals surface area contributed by atoms with Crippen molar-refractivity contribution in [2.75, 3.05) is 33.2 Å². The van der Waals surface area contributed by atoms with E-state index in [-0.39, 0.29) is 23.9 Å². The van der Waals surface area contributed by atoms with Crippen molar-refractivity contribution < 1.29 is 4.79 Å². The van der Waals surface area contributed by atoms with E-state index >= 15 is 0 Å². The average Bonchev–Trinajstić information content (AvgIpc) is 2.98. The number of benzene rings is 4. The minimum Gasteiger partial charge on any atom is -0.339 e. The van der Waals surface area contributed by atoms with Gasteiger partial charge in [-0.3, -0.25) is 9.69 Å². The average molecular weight is 524 g/mol. The molecule has 0 spiro atoms. The van der Waals surface area contributed by atoms with Gasteiger partial charge in [-0.2, -0.15) is 0 Å². The molecule has 0 saturated carbocycles. The van der Waals surface area contributed by atoms with Crippen molar-refractivity contribution in [2.45, 2.75) is 18.0 Å². The van der Waals surface area contributed by atoms with E-state index in [2.05, 4.69) is 64.8 Å². The van der Waals surface area contributed by atoms with Crippen LogP contribution in [-0.2, 0) is 4.79 Å². The number of hydrogen-bond donors (Lipinski definition) is 1. The van der Waals surface area contributed by atoms with E-state index in [1.807, 2.05) is 72.6 Å². The van der Waals surface area contributed by atoms with Gasteiger partial charge in [-0.25, -0.2) is 0 Å². The summed E-state index contributed by atoms with van der Waals surface area (Å²) in [6, 6.07) is 38.9. The Balaban J connectivity index is 1.37. The van der Waals surface area contributed by atoms with Gasteiger partial charge in [-0.05, 0) is 35.4 Å². The van der Waals surface area contributed by atoms with Gasteiger partial charge in [0, 0.05) is 37.1 Å². The molecule has 1 aliphatic heterocycles. The molecule has 0 aromatic heterocycles. The summed E-state index contributed by atoms with van der Waals surface area (Å²) in [6.07, 6.45) is 0. The fourth-order valence-corrected chi connectivity index (χ4v) is 5.89. The smallest absolute Gasteiger partial charge is 0.240 e. The molecule has 38 heavy (non-hydrogen) atoms. The Morgan fingerprint density at radius 1 is 0.684 bits per heavy atom. The normalized spacial score (nSPS) is 15.8. The Morgan fingerprint density at radius 3 is 1.66 bits per heavy atom. The van der Waals surface area contributed by atoms with Crippen LogP contribution in [0, 0.1) is 0 Å². The van der Waals surface area contributed by atoms with Crippen molar-refractivity contribution in [3.8, 4) is 0 Å². The molecule has 5 heteroatoms. The monoisotopic (exact) mass is 523 g/mol. The van der Waals surface area contributed by atoms with Gasteiger partial charge < -0.3 is 10.2 Å². The van der Waals surface area contributed by atoms with Gasteiger partial charge in [0.15, 0.2) is 0 Å². The summed E-state index contributed by atoms with van der Waals surface area (Å²) in [5.41, 5.74) is 4.57. The predicted molar refractivity (Wildman–Crippen MR) is 155 cm³/mol. The Kier molecular flexibility index (Phi) is 8.54. The quantitative estimate of drug-likeness (QED) is 0.308. The highest BCUT2D eigenvalue weighted by Gasteiger charge is 2.35. The molecule has 0 aliphatic carbocycles. The van der Waals surface area contributed by atoms with Crippen LogP contribution in [0.25, 0.3) is 0 Å². The van der Waals surface area contributed by atoms with Gasteiger partial charge in [0.1, 0.15) is 0 Å². The van der Waals surface area contributed by atoms with Gasteiger partial charge in [0.05, 0.1) is 12.1 Å². The molecule has 1 fully saturated rings. The van der Waals surface area contributed by atoms with E-state index in [0.29, 0.717) is 13.1 Å². The lowest BCUT2D eigenvalue weighted by Crippen LogP contribution is -2.55. The zero-order valence-corrected chi connectivity index (χ0v) is 22.5. The molecule has 5 rings (SSSR count). The van der Waals surface area contributed by atoms with Crippen LogP contribution in [0.2, 0.25) is 5.02 Å². The third kappa shape index (κ3) is 5.68. The second-order valence-electron chi connectivity index (χ2n) is 9.76. The largest absolute Gasteiger partial charge is 0.339 e. The van der Waals surface area contributed by atoms with Crippen molar-refractivity contribution in [3.05, 3.63) is 143 Å². The lowest BCUT2D eigenvalue weighted by molar-refractivity contribution is -0.135. The Labute approximate surface area is 230 Å². The molecular formula is C33H34ClN3O. The Hall–Kier alpha value is -3.44. The number of carbonyl (C=O) groups excluding carboxylic acids is 1. The summed E-state index contributed by atoms with van der Waals surface area (Å²) in [5, 5.41) is 4.13. The highest BCUT2D eigenvalue weighted by atomic mass is 35.5. The van der Waals surface area contributed by atoms with E-state index in [9.17, 15) is 4.79 Å². The fraction of sp³-hybridized carbons (Fsp3) is 0.242. The highest BCUT2D eigenvalue weighted by molar-refractivity contribution is 6.31. The maximum atomic E-state index is 14.0. The number of piperazine rings is 1. The van der Waals surface area contributed by atoms with E-state index in [1.165, 1.54) is 5.56 Å². The second kappa shape index (κ2) is 12.4. The second-order valence-corrected chi connectivity index (χ2v) is 10.2. The summed E-state index contributed by atoms with van der Waals surface area (Å²) >= 11 is 6.68. The molecule has 194 valence electrons. The number of rotatable bonds is 8. The van der Waals surface area contributed by atoms with E-state index in [4.69, 9.17) is 11.6 Å². The van der Waals surface area contributed by atoms with Gasteiger partial charge in [-0.1, -0.05) is 121 Å². The third-order valence-corrected chi connectivity index (χ3v) is 7.88. The van der Waals surface area contributed by atoms with Gasteiger partial charge in [0.25, 0.3) is 0 Å². The topological polar surface area (TPSA) is 35.6 Å². The third-order valence-electron chi connectivity index (χ3n) is 7.53. The van der Waals surface area contributed by atoms with Crippen LogP contribution in [0.1, 0.15) is 34.2 Å². The van der Waals surface area contributed by atoms with Crippen molar-refractivity contribution in [2.24, 2.45) is 0 Å². The number of likely N-dealkylation sites (N-methyl/N-ethyl adjacent to an activating group) is 1. The highest BCUT2D eigenvalue weighted by Crippen LogP contribution is 2.34. The van der Waals surface area contributed by atoms with Gasteiger partial charge in [-0.15, -0.1) is 0 Å². The van der Waals surface area contributed by atoms with Crippen LogP contribution in [0.15, 0.2) is 115 Å². The predicted octanol–water partition coefficient (Wildman–Crippen LogP) is 5.99. The first kappa shape index (κ1) is 26.2. The fourth-order valence-electron chi connectivity index (χ4n) is 5.65. The summed E-state index contributed by atoms with van der Waals surface area (Å²) in [7, 11) is 1.89. The van der Waals surface area contributed by atoms with Gasteiger partial charge in [0.2, 0.25) is 5.91 Å². The summed E-state index contributed by atoms with van der Waals surface area (Å²) in [5.74, 6) is 0.0620. The SMILES string of the molecule is CNC(C(=O)N1CCN(C(c2ccccc2)c2ccccc2Cl)CC1)C(c1ccccc1)c1ccccc1. The molecule has 4 aromatic rings. The minimum absolute atomic E-state index is 0.0450. The summed E-state index contributed by atoms with van der Waals surface area (Å²) in [6.45, 7) is 2.88. The summed E-state index contributed by atoms with van der Waals surface area (Å²) in [4.78, 5) is 18.5. The zero-order valence-electron chi connectivity index (χ0n) is 21.7. The molecule has 1 saturated heterocycles. The Bertz CT molecular complexity index is 1270. The molecule has 4 nitrogen and oxygen atoms in total. The maximum Gasteiger partial charge on any atom is 0.240 e. The van der Waals surface area contributed by atoms with Crippen molar-refractivity contribution in [1.82, 2.24) is 15.1 Å². The Morgan fingerprint density at radius 2 is 1.16 bits per heavy atom. The first-order chi connectivity index (χ1) is 18.7. The van der Waals surface area contributed by atoms with Crippen LogP contribution < -0.4 is 5.32 Å². The van der Waals surface area contributed by atoms with Crippen LogP contribution in [0.5, 0.6) is 0 Å². The van der Waals surface area contributed by atoms with Crippen LogP contribution in [0.3, 0.4) is 0 Å². The lowest BCUT2D eigenvalue weighted by Gasteiger charge is -2.41. The lowest BCUT2D eigenvalue weighted by atomic mass is 9.84. The number of carbonyl (C=O) groups is 1. The molecular weight excluding hydrogens is 490 g/mol. The minimum atomic E-state index is -0.361. The van der Waals surface area contributed by atoms with E-state index < -0.39 is 0 Å². The molecule has 1 heterocycles. The van der Waals surface area contributed by atoms with Crippen LogP contribution in [0.4, 0.5) is 0 Å². The zero-order chi connectivity index (χ0) is 26.3. The molecule has 0 bridgehead atoms. The molecule has 0 radical (unpaired) electrons. The van der Waals surface area contributed by atoms with Crippen molar-refractivity contribution in [1.29, 1.82) is 0 Å². The van der Waals surface area contributed by atoms with E-state index in [0.717, 1.165) is 34.8 Å². The summed E-state index contributed by atoms with van der Waals surface area (Å²) < 4.78 is 0. The van der Waals surface area contributed by atoms with E-state index in [1.54, 1.807) is 0 Å². The molecule has 1 aliphatic rings. The van der Waals surface area contributed by atoms with Crippen molar-refractivity contribution in [3.63, 3.8) is 0 Å². The number of halogens is 1. The molecule has 1 amide bonds. The number of nitrogens with one attached hydrogen (secondary N) is 1. The first-order valence-electron chi connectivity index (χ1n) is 13.3. The van der Waals surface area contributed by atoms with Gasteiger partial charge >= 0.3 is 0 Å². The van der Waals surface area contributed by atoms with Crippen LogP contribution >= 0.6 is 11.6 Å². The molecule has 2 atom stereocenters. The molecule has 2 unspecified atom stereocenters. The number of amides is 1.